The van der Waals surface area contributed by atoms with Gasteiger partial charge in [0.1, 0.15) is 0 Å². The summed E-state index contributed by atoms with van der Waals surface area (Å²) >= 11 is 0. The van der Waals surface area contributed by atoms with Crippen LogP contribution in [0.25, 0.3) is 98.9 Å². The summed E-state index contributed by atoms with van der Waals surface area (Å²) in [5.41, 5.74) is 14.6. The molecule has 0 aliphatic heterocycles. The van der Waals surface area contributed by atoms with Crippen molar-refractivity contribution in [2.45, 2.75) is 13.8 Å². The molecule has 254 valence electrons. The number of hydrogen-bond acceptors (Lipinski definition) is 1. The molecular weight excluding hydrogens is 651 g/mol. The fraction of sp³-hybridized carbons (Fsp3) is 0.0377. The molecule has 1 aromatic heterocycles. The quantitative estimate of drug-likeness (QED) is 0.164. The third-order valence-electron chi connectivity index (χ3n) is 11.2. The van der Waals surface area contributed by atoms with Gasteiger partial charge in [-0.25, -0.2) is 0 Å². The van der Waals surface area contributed by atoms with Crippen LogP contribution in [0.3, 0.4) is 0 Å². The second-order valence-corrected chi connectivity index (χ2v) is 14.4. The topological polar surface area (TPSA) is 12.9 Å². The molecule has 10 rings (SSSR count). The molecule has 0 aliphatic rings. The Balaban J connectivity index is 1.16. The van der Waals surface area contributed by atoms with E-state index in [1.165, 1.54) is 93.2 Å². The van der Waals surface area contributed by atoms with E-state index in [0.29, 0.717) is 0 Å². The molecule has 0 N–H and O–H groups in total. The monoisotopic (exact) mass is 687 g/mol. The van der Waals surface area contributed by atoms with Crippen LogP contribution in [-0.4, -0.2) is 4.98 Å². The second kappa shape index (κ2) is 13.0. The zero-order valence-corrected chi connectivity index (χ0v) is 30.3. The maximum absolute atomic E-state index is 4.80. The van der Waals surface area contributed by atoms with Gasteiger partial charge in [0, 0.05) is 11.8 Å². The van der Waals surface area contributed by atoms with Crippen LogP contribution < -0.4 is 0 Å². The Bertz CT molecular complexity index is 3000. The highest BCUT2D eigenvalue weighted by molar-refractivity contribution is 6.24. The second-order valence-electron chi connectivity index (χ2n) is 14.4. The normalized spacial score (nSPS) is 11.5. The smallest absolute Gasteiger partial charge is 0.0708 e. The molecule has 0 spiro atoms. The van der Waals surface area contributed by atoms with Gasteiger partial charge in [-0.3, -0.25) is 4.98 Å². The van der Waals surface area contributed by atoms with Crippen LogP contribution >= 0.6 is 0 Å². The number of aryl methyl sites for hydroxylation is 2. The lowest BCUT2D eigenvalue weighted by molar-refractivity contribution is 1.33. The Morgan fingerprint density at radius 1 is 0.315 bits per heavy atom. The molecule has 0 atom stereocenters. The van der Waals surface area contributed by atoms with Crippen molar-refractivity contribution in [2.24, 2.45) is 0 Å². The summed E-state index contributed by atoms with van der Waals surface area (Å²) in [7, 11) is 0. The molecule has 0 bridgehead atoms. The zero-order valence-electron chi connectivity index (χ0n) is 30.3. The van der Waals surface area contributed by atoms with Crippen LogP contribution in [0.5, 0.6) is 0 Å². The van der Waals surface area contributed by atoms with Crippen molar-refractivity contribution in [1.29, 1.82) is 0 Å². The van der Waals surface area contributed by atoms with Crippen molar-refractivity contribution in [2.75, 3.05) is 0 Å². The summed E-state index contributed by atoms with van der Waals surface area (Å²) in [6, 6.07) is 66.6. The molecule has 1 nitrogen and oxygen atoms in total. The Morgan fingerprint density at radius 3 is 1.52 bits per heavy atom. The summed E-state index contributed by atoms with van der Waals surface area (Å²) in [6.07, 6.45) is 1.93. The fourth-order valence-corrected chi connectivity index (χ4v) is 8.69. The molecule has 0 saturated carbocycles. The average molecular weight is 688 g/mol. The Morgan fingerprint density at radius 2 is 0.833 bits per heavy atom. The number of aromatic nitrogens is 1. The van der Waals surface area contributed by atoms with E-state index in [0.717, 1.165) is 16.8 Å². The predicted octanol–water partition coefficient (Wildman–Crippen LogP) is 14.6. The minimum Gasteiger partial charge on any atom is -0.256 e. The molecule has 1 heterocycles. The van der Waals surface area contributed by atoms with Crippen molar-refractivity contribution in [3.8, 4) is 55.8 Å². The molecule has 0 saturated heterocycles. The lowest BCUT2D eigenvalue weighted by Gasteiger charge is -2.20. The summed E-state index contributed by atoms with van der Waals surface area (Å²) in [5.74, 6) is 0. The Labute approximate surface area is 315 Å². The highest BCUT2D eigenvalue weighted by Gasteiger charge is 2.19. The molecule has 1 heteroatoms. The number of hydrogen-bond donors (Lipinski definition) is 0. The standard InChI is InChI=1S/C53H37N/c1-34-13-9-14-35(2)51(34)44-25-11-24-43-42(44)23-12-26-45(43)53-48-21-7-5-19-46(48)52(47-20-6-8-22-49(47)53)41-18-10-17-38(32-41)39-29-30-54-50(33-39)40-28-27-36-15-3-4-16-37(36)31-40/h3-33H,1-2H3. The van der Waals surface area contributed by atoms with Crippen LogP contribution in [0.4, 0.5) is 0 Å². The van der Waals surface area contributed by atoms with E-state index in [4.69, 9.17) is 4.98 Å². The number of pyridine rings is 1. The van der Waals surface area contributed by atoms with E-state index in [9.17, 15) is 0 Å². The van der Waals surface area contributed by atoms with E-state index >= 15 is 0 Å². The van der Waals surface area contributed by atoms with E-state index < -0.39 is 0 Å². The third kappa shape index (κ3) is 5.28. The molecule has 0 fully saturated rings. The average Bonchev–Trinajstić information content (AvgIpc) is 3.22. The Hall–Kier alpha value is -6.83. The van der Waals surface area contributed by atoms with Gasteiger partial charge in [0.2, 0.25) is 0 Å². The van der Waals surface area contributed by atoms with Gasteiger partial charge in [-0.2, -0.15) is 0 Å². The zero-order chi connectivity index (χ0) is 36.2. The number of nitrogens with zero attached hydrogens (tertiary/aromatic N) is 1. The van der Waals surface area contributed by atoms with Gasteiger partial charge < -0.3 is 0 Å². The maximum Gasteiger partial charge on any atom is 0.0708 e. The van der Waals surface area contributed by atoms with Crippen molar-refractivity contribution >= 4 is 43.1 Å². The first-order valence-corrected chi connectivity index (χ1v) is 18.7. The molecule has 0 aliphatic carbocycles. The van der Waals surface area contributed by atoms with E-state index in [-0.39, 0.29) is 0 Å². The first-order valence-electron chi connectivity index (χ1n) is 18.7. The first-order chi connectivity index (χ1) is 26.6. The van der Waals surface area contributed by atoms with Gasteiger partial charge in [0.05, 0.1) is 5.69 Å². The third-order valence-corrected chi connectivity index (χ3v) is 11.2. The van der Waals surface area contributed by atoms with Gasteiger partial charge in [0.15, 0.2) is 0 Å². The Kier molecular flexibility index (Phi) is 7.66. The minimum absolute atomic E-state index is 0.972. The summed E-state index contributed by atoms with van der Waals surface area (Å²) in [6.45, 7) is 4.44. The first kappa shape index (κ1) is 31.9. The van der Waals surface area contributed by atoms with E-state index in [1.54, 1.807) is 0 Å². The van der Waals surface area contributed by atoms with Crippen molar-refractivity contribution in [1.82, 2.24) is 4.98 Å². The van der Waals surface area contributed by atoms with Crippen LogP contribution in [0.2, 0.25) is 0 Å². The summed E-state index contributed by atoms with van der Waals surface area (Å²) in [4.78, 5) is 4.80. The van der Waals surface area contributed by atoms with E-state index in [2.05, 4.69) is 196 Å². The number of fused-ring (bicyclic) bond motifs is 4. The predicted molar refractivity (Wildman–Crippen MR) is 231 cm³/mol. The summed E-state index contributed by atoms with van der Waals surface area (Å²) < 4.78 is 0. The molecule has 9 aromatic carbocycles. The molecule has 10 aromatic rings. The van der Waals surface area contributed by atoms with Crippen molar-refractivity contribution in [3.63, 3.8) is 0 Å². The highest BCUT2D eigenvalue weighted by Crippen LogP contribution is 2.47. The van der Waals surface area contributed by atoms with Crippen LogP contribution in [-0.2, 0) is 0 Å². The van der Waals surface area contributed by atoms with Crippen LogP contribution in [0.1, 0.15) is 11.1 Å². The van der Waals surface area contributed by atoms with Gasteiger partial charge in [0.25, 0.3) is 0 Å². The maximum atomic E-state index is 4.80. The fourth-order valence-electron chi connectivity index (χ4n) is 8.69. The lowest BCUT2D eigenvalue weighted by atomic mass is 9.83. The van der Waals surface area contributed by atoms with Gasteiger partial charge in [-0.15, -0.1) is 0 Å². The van der Waals surface area contributed by atoms with Crippen LogP contribution in [0, 0.1) is 13.8 Å². The highest BCUT2D eigenvalue weighted by atomic mass is 14.7. The minimum atomic E-state index is 0.972. The largest absolute Gasteiger partial charge is 0.256 e. The number of benzene rings is 9. The summed E-state index contributed by atoms with van der Waals surface area (Å²) in [5, 5.41) is 10.00. The molecule has 0 unspecified atom stereocenters. The van der Waals surface area contributed by atoms with Gasteiger partial charge in [-0.05, 0) is 137 Å². The molecular formula is C53H37N. The molecule has 54 heavy (non-hydrogen) atoms. The van der Waals surface area contributed by atoms with Crippen molar-refractivity contribution < 1.29 is 0 Å². The van der Waals surface area contributed by atoms with Crippen LogP contribution in [0.15, 0.2) is 188 Å². The van der Waals surface area contributed by atoms with Crippen molar-refractivity contribution in [3.05, 3.63) is 199 Å². The number of rotatable bonds is 5. The molecule has 0 amide bonds. The van der Waals surface area contributed by atoms with Gasteiger partial charge in [-0.1, -0.05) is 158 Å². The SMILES string of the molecule is Cc1cccc(C)c1-c1cccc2c(-c3c4ccccc4c(-c4cccc(-c5ccnc(-c6ccc7ccccc7c6)c5)c4)c4ccccc34)cccc12. The molecule has 0 radical (unpaired) electrons. The van der Waals surface area contributed by atoms with Gasteiger partial charge >= 0.3 is 0 Å². The lowest BCUT2D eigenvalue weighted by Crippen LogP contribution is -1.93. The van der Waals surface area contributed by atoms with E-state index in [1.807, 2.05) is 6.20 Å².